The number of rotatable bonds is 2. The molecule has 0 bridgehead atoms. The van der Waals surface area contributed by atoms with E-state index in [4.69, 9.17) is 4.74 Å². The zero-order valence-corrected chi connectivity index (χ0v) is 13.8. The van der Waals surface area contributed by atoms with Gasteiger partial charge in [0.25, 0.3) is 11.8 Å². The lowest BCUT2D eigenvalue weighted by molar-refractivity contribution is -0.118. The topological polar surface area (TPSA) is 61.9 Å². The van der Waals surface area contributed by atoms with Gasteiger partial charge in [-0.25, -0.2) is 0 Å². The first kappa shape index (κ1) is 15.4. The van der Waals surface area contributed by atoms with Crippen LogP contribution in [-0.2, 0) is 4.79 Å². The van der Waals surface area contributed by atoms with Crippen LogP contribution in [0, 0.1) is 0 Å². The summed E-state index contributed by atoms with van der Waals surface area (Å²) in [5, 5.41) is 2.75. The lowest BCUT2D eigenvalue weighted by Gasteiger charge is -2.38. The minimum atomic E-state index is -0.162. The quantitative estimate of drug-likeness (QED) is 0.897. The molecule has 6 nitrogen and oxygen atoms in total. The van der Waals surface area contributed by atoms with Crippen LogP contribution in [0.5, 0.6) is 5.75 Å². The Bertz CT molecular complexity index is 647. The number of anilines is 1. The first-order valence-electron chi connectivity index (χ1n) is 8.81. The Morgan fingerprint density at radius 3 is 2.62 bits per heavy atom. The molecule has 3 aliphatic rings. The fourth-order valence-electron chi connectivity index (χ4n) is 3.95. The normalized spacial score (nSPS) is 22.0. The molecule has 1 saturated carbocycles. The number of piperazine rings is 1. The lowest BCUT2D eigenvalue weighted by atomic mass is 10.1. The van der Waals surface area contributed by atoms with Gasteiger partial charge < -0.3 is 15.0 Å². The molecule has 2 amide bonds. The standard InChI is InChI=1S/C18H23N3O3/c22-17-12-24-16-11-13(5-6-15(16)19-17)18(23)21-9-7-20(8-10-21)14-3-1-2-4-14/h5-6,11,14H,1-4,7-10,12H2,(H,19,22). The Morgan fingerprint density at radius 1 is 1.12 bits per heavy atom. The number of hydrogen-bond acceptors (Lipinski definition) is 4. The number of amides is 2. The van der Waals surface area contributed by atoms with E-state index in [2.05, 4.69) is 10.2 Å². The molecule has 0 aromatic heterocycles. The van der Waals surface area contributed by atoms with Crippen molar-refractivity contribution in [2.45, 2.75) is 31.7 Å². The highest BCUT2D eigenvalue weighted by Crippen LogP contribution is 2.29. The summed E-state index contributed by atoms with van der Waals surface area (Å²) in [6.07, 6.45) is 5.30. The summed E-state index contributed by atoms with van der Waals surface area (Å²) in [7, 11) is 0. The number of fused-ring (bicyclic) bond motifs is 1. The second-order valence-corrected chi connectivity index (χ2v) is 6.81. The third-order valence-electron chi connectivity index (χ3n) is 5.30. The molecule has 6 heteroatoms. The molecule has 1 aromatic rings. The fourth-order valence-corrected chi connectivity index (χ4v) is 3.95. The van der Waals surface area contributed by atoms with Crippen molar-refractivity contribution in [2.75, 3.05) is 38.1 Å². The van der Waals surface area contributed by atoms with Crippen LogP contribution in [0.25, 0.3) is 0 Å². The molecular formula is C18H23N3O3. The molecule has 1 aromatic carbocycles. The van der Waals surface area contributed by atoms with Crippen molar-refractivity contribution < 1.29 is 14.3 Å². The summed E-state index contributed by atoms with van der Waals surface area (Å²) < 4.78 is 5.41. The first-order valence-corrected chi connectivity index (χ1v) is 8.81. The van der Waals surface area contributed by atoms with E-state index in [1.807, 2.05) is 4.90 Å². The highest BCUT2D eigenvalue weighted by atomic mass is 16.5. The van der Waals surface area contributed by atoms with E-state index in [0.29, 0.717) is 17.0 Å². The highest BCUT2D eigenvalue weighted by molar-refractivity contribution is 5.99. The zero-order chi connectivity index (χ0) is 16.5. The van der Waals surface area contributed by atoms with E-state index in [-0.39, 0.29) is 18.4 Å². The number of ether oxygens (including phenoxy) is 1. The van der Waals surface area contributed by atoms with Crippen molar-refractivity contribution >= 4 is 17.5 Å². The molecular weight excluding hydrogens is 306 g/mol. The Labute approximate surface area is 141 Å². The van der Waals surface area contributed by atoms with E-state index in [1.165, 1.54) is 25.7 Å². The van der Waals surface area contributed by atoms with Crippen molar-refractivity contribution in [1.29, 1.82) is 0 Å². The summed E-state index contributed by atoms with van der Waals surface area (Å²) in [6, 6.07) is 5.97. The van der Waals surface area contributed by atoms with Crippen LogP contribution in [0.15, 0.2) is 18.2 Å². The molecule has 1 N–H and O–H groups in total. The van der Waals surface area contributed by atoms with Gasteiger partial charge in [-0.2, -0.15) is 0 Å². The number of carbonyl (C=O) groups excluding carboxylic acids is 2. The van der Waals surface area contributed by atoms with Crippen LogP contribution < -0.4 is 10.1 Å². The van der Waals surface area contributed by atoms with Gasteiger partial charge in [0.05, 0.1) is 5.69 Å². The van der Waals surface area contributed by atoms with Gasteiger partial charge in [0.1, 0.15) is 5.75 Å². The van der Waals surface area contributed by atoms with Crippen molar-refractivity contribution in [2.24, 2.45) is 0 Å². The molecule has 0 atom stereocenters. The van der Waals surface area contributed by atoms with Crippen LogP contribution in [0.3, 0.4) is 0 Å². The second kappa shape index (κ2) is 6.43. The van der Waals surface area contributed by atoms with Gasteiger partial charge in [0.15, 0.2) is 6.61 Å². The molecule has 2 fully saturated rings. The average molecular weight is 329 g/mol. The molecule has 0 radical (unpaired) electrons. The Hall–Kier alpha value is -2.08. The van der Waals surface area contributed by atoms with Crippen LogP contribution in [0.4, 0.5) is 5.69 Å². The summed E-state index contributed by atoms with van der Waals surface area (Å²) >= 11 is 0. The Balaban J connectivity index is 1.40. The SMILES string of the molecule is O=C1COc2cc(C(=O)N3CCN(C4CCCC4)CC3)ccc2N1. The van der Waals surface area contributed by atoms with Crippen molar-refractivity contribution in [3.05, 3.63) is 23.8 Å². The summed E-state index contributed by atoms with van der Waals surface area (Å²) in [6.45, 7) is 3.50. The van der Waals surface area contributed by atoms with Gasteiger partial charge in [0, 0.05) is 37.8 Å². The summed E-state index contributed by atoms with van der Waals surface area (Å²) in [4.78, 5) is 28.5. The van der Waals surface area contributed by atoms with Crippen LogP contribution >= 0.6 is 0 Å². The molecule has 2 aliphatic heterocycles. The van der Waals surface area contributed by atoms with Gasteiger partial charge in [0.2, 0.25) is 0 Å². The predicted octanol–water partition coefficient (Wildman–Crippen LogP) is 1.72. The molecule has 24 heavy (non-hydrogen) atoms. The minimum absolute atomic E-state index is 0.00467. The van der Waals surface area contributed by atoms with E-state index in [9.17, 15) is 9.59 Å². The molecule has 1 saturated heterocycles. The highest BCUT2D eigenvalue weighted by Gasteiger charge is 2.28. The number of nitrogens with one attached hydrogen (secondary N) is 1. The molecule has 0 spiro atoms. The van der Waals surface area contributed by atoms with Crippen LogP contribution in [0.1, 0.15) is 36.0 Å². The largest absolute Gasteiger partial charge is 0.482 e. The monoisotopic (exact) mass is 329 g/mol. The smallest absolute Gasteiger partial charge is 0.262 e. The van der Waals surface area contributed by atoms with Gasteiger partial charge in [-0.1, -0.05) is 12.8 Å². The minimum Gasteiger partial charge on any atom is -0.482 e. The number of carbonyl (C=O) groups is 2. The van der Waals surface area contributed by atoms with Gasteiger partial charge in [-0.05, 0) is 31.0 Å². The molecule has 0 unspecified atom stereocenters. The number of hydrogen-bond donors (Lipinski definition) is 1. The Kier molecular flexibility index (Phi) is 4.14. The number of benzene rings is 1. The van der Waals surface area contributed by atoms with Crippen molar-refractivity contribution in [3.63, 3.8) is 0 Å². The maximum absolute atomic E-state index is 12.7. The van der Waals surface area contributed by atoms with Crippen LogP contribution in [-0.4, -0.2) is 60.4 Å². The average Bonchev–Trinajstić information content (AvgIpc) is 3.15. The fraction of sp³-hybridized carbons (Fsp3) is 0.556. The lowest BCUT2D eigenvalue weighted by Crippen LogP contribution is -2.51. The van der Waals surface area contributed by atoms with Gasteiger partial charge in [-0.3, -0.25) is 14.5 Å². The Morgan fingerprint density at radius 2 is 1.88 bits per heavy atom. The second-order valence-electron chi connectivity index (χ2n) is 6.81. The van der Waals surface area contributed by atoms with E-state index < -0.39 is 0 Å². The van der Waals surface area contributed by atoms with Gasteiger partial charge >= 0.3 is 0 Å². The summed E-state index contributed by atoms with van der Waals surface area (Å²) in [5.74, 6) is 0.457. The van der Waals surface area contributed by atoms with Crippen molar-refractivity contribution in [3.8, 4) is 5.75 Å². The third kappa shape index (κ3) is 2.98. The maximum Gasteiger partial charge on any atom is 0.262 e. The first-order chi connectivity index (χ1) is 11.7. The van der Waals surface area contributed by atoms with E-state index in [1.54, 1.807) is 18.2 Å². The predicted molar refractivity (Wildman–Crippen MR) is 90.3 cm³/mol. The molecule has 128 valence electrons. The molecule has 1 aliphatic carbocycles. The van der Waals surface area contributed by atoms with E-state index >= 15 is 0 Å². The number of nitrogens with zero attached hydrogens (tertiary/aromatic N) is 2. The van der Waals surface area contributed by atoms with Crippen LogP contribution in [0.2, 0.25) is 0 Å². The molecule has 4 rings (SSSR count). The summed E-state index contributed by atoms with van der Waals surface area (Å²) in [5.41, 5.74) is 1.26. The van der Waals surface area contributed by atoms with Crippen molar-refractivity contribution in [1.82, 2.24) is 9.80 Å². The molecule has 2 heterocycles. The van der Waals surface area contributed by atoms with E-state index in [0.717, 1.165) is 32.2 Å². The zero-order valence-electron chi connectivity index (χ0n) is 13.8. The van der Waals surface area contributed by atoms with Gasteiger partial charge in [-0.15, -0.1) is 0 Å². The maximum atomic E-state index is 12.7. The third-order valence-corrected chi connectivity index (χ3v) is 5.30.